The average molecular weight is 272 g/mol. The van der Waals surface area contributed by atoms with Gasteiger partial charge in [0, 0.05) is 0 Å². The van der Waals surface area contributed by atoms with Gasteiger partial charge in [0.1, 0.15) is 0 Å². The summed E-state index contributed by atoms with van der Waals surface area (Å²) in [5.41, 5.74) is 10.4. The molecule has 0 heterocycles. The van der Waals surface area contributed by atoms with E-state index in [0.717, 1.165) is 13.1 Å². The van der Waals surface area contributed by atoms with Crippen molar-refractivity contribution in [3.05, 3.63) is 0 Å². The minimum Gasteiger partial charge on any atom is -0.330 e. The summed E-state index contributed by atoms with van der Waals surface area (Å²) in [7, 11) is -4.67. The minimum absolute atomic E-state index is 0.855. The summed E-state index contributed by atoms with van der Waals surface area (Å²) in [6.45, 7) is 6.06. The maximum Gasteiger partial charge on any atom is 0.394 e. The predicted octanol–water partition coefficient (Wildman–Crippen LogP) is 1.62. The molecule has 6 nitrogen and oxygen atoms in total. The maximum atomic E-state index is 8.74. The van der Waals surface area contributed by atoms with Gasteiger partial charge in [0.25, 0.3) is 0 Å². The maximum absolute atomic E-state index is 8.74. The monoisotopic (exact) mass is 272 g/mol. The van der Waals surface area contributed by atoms with Gasteiger partial charge in [-0.25, -0.2) is 0 Å². The Labute approximate surface area is 105 Å². The van der Waals surface area contributed by atoms with Crippen LogP contribution < -0.4 is 11.5 Å². The molecule has 0 atom stereocenters. The third-order valence-electron chi connectivity index (χ3n) is 1.62. The van der Waals surface area contributed by atoms with Crippen LogP contribution in [0.4, 0.5) is 0 Å². The van der Waals surface area contributed by atoms with Crippen LogP contribution in [0.3, 0.4) is 0 Å². The molecule has 0 aliphatic rings. The van der Waals surface area contributed by atoms with E-state index in [9.17, 15) is 0 Å². The van der Waals surface area contributed by atoms with Gasteiger partial charge in [-0.1, -0.05) is 39.5 Å². The third kappa shape index (κ3) is 89.6. The molecular weight excluding hydrogens is 244 g/mol. The van der Waals surface area contributed by atoms with Crippen LogP contribution in [0, 0.1) is 0 Å². The molecule has 0 aliphatic carbocycles. The Balaban J connectivity index is -0.000000174. The molecule has 0 radical (unpaired) electrons. The molecule has 0 aliphatic heterocycles. The van der Waals surface area contributed by atoms with Crippen LogP contribution in [0.15, 0.2) is 0 Å². The van der Waals surface area contributed by atoms with Gasteiger partial charge in [-0.15, -0.1) is 0 Å². The molecule has 0 aromatic heterocycles. The summed E-state index contributed by atoms with van der Waals surface area (Å²) in [6.07, 6.45) is 7.51. The minimum atomic E-state index is -4.67. The molecule has 17 heavy (non-hydrogen) atoms. The van der Waals surface area contributed by atoms with E-state index in [-0.39, 0.29) is 0 Å². The van der Waals surface area contributed by atoms with Crippen LogP contribution in [0.25, 0.3) is 0 Å². The quantitative estimate of drug-likeness (QED) is 0.430. The highest BCUT2D eigenvalue weighted by atomic mass is 32.3. The van der Waals surface area contributed by atoms with Crippen LogP contribution in [0.2, 0.25) is 0 Å². The second-order valence-corrected chi connectivity index (χ2v) is 4.34. The Hall–Kier alpha value is -0.210. The summed E-state index contributed by atoms with van der Waals surface area (Å²) in [6, 6.07) is 0. The lowest BCUT2D eigenvalue weighted by molar-refractivity contribution is 0.381. The molecule has 0 unspecified atom stereocenters. The van der Waals surface area contributed by atoms with Crippen molar-refractivity contribution < 1.29 is 17.5 Å². The smallest absolute Gasteiger partial charge is 0.330 e. The van der Waals surface area contributed by atoms with Gasteiger partial charge < -0.3 is 11.5 Å². The normalized spacial score (nSPS) is 9.76. The number of nitrogens with two attached hydrogens (primary N) is 2. The van der Waals surface area contributed by atoms with Gasteiger partial charge >= 0.3 is 10.4 Å². The summed E-state index contributed by atoms with van der Waals surface area (Å²) in [4.78, 5) is 0. The van der Waals surface area contributed by atoms with E-state index in [0.29, 0.717) is 0 Å². The summed E-state index contributed by atoms with van der Waals surface area (Å²) < 4.78 is 31.6. The van der Waals surface area contributed by atoms with E-state index in [1.807, 2.05) is 0 Å². The van der Waals surface area contributed by atoms with Gasteiger partial charge in [0.05, 0.1) is 0 Å². The molecule has 6 N–H and O–H groups in total. The van der Waals surface area contributed by atoms with E-state index in [1.54, 1.807) is 0 Å². The highest BCUT2D eigenvalue weighted by Gasteiger charge is 1.84. The fourth-order valence-corrected chi connectivity index (χ4v) is 0.789. The number of rotatable bonds is 6. The highest BCUT2D eigenvalue weighted by Crippen LogP contribution is 1.88. The fourth-order valence-electron chi connectivity index (χ4n) is 0.789. The number of hydrogen-bond donors (Lipinski definition) is 4. The van der Waals surface area contributed by atoms with Crippen molar-refractivity contribution in [2.45, 2.75) is 52.4 Å². The van der Waals surface area contributed by atoms with Crippen molar-refractivity contribution >= 4 is 10.4 Å². The van der Waals surface area contributed by atoms with Gasteiger partial charge in [-0.3, -0.25) is 9.11 Å². The van der Waals surface area contributed by atoms with Gasteiger partial charge in [0.2, 0.25) is 0 Å². The van der Waals surface area contributed by atoms with Crippen molar-refractivity contribution in [2.75, 3.05) is 13.1 Å². The molecule has 7 heteroatoms. The lowest BCUT2D eigenvalue weighted by Crippen LogP contribution is -1.96. The van der Waals surface area contributed by atoms with Crippen LogP contribution in [-0.2, 0) is 10.4 Å². The predicted molar refractivity (Wildman–Crippen MR) is 71.3 cm³/mol. The van der Waals surface area contributed by atoms with E-state index in [2.05, 4.69) is 13.8 Å². The second kappa shape index (κ2) is 18.2. The molecule has 0 aromatic rings. The number of unbranched alkanes of at least 4 members (excludes halogenated alkanes) is 4. The van der Waals surface area contributed by atoms with Crippen LogP contribution in [0.5, 0.6) is 0 Å². The lowest BCUT2D eigenvalue weighted by Gasteiger charge is -1.86. The second-order valence-electron chi connectivity index (χ2n) is 3.44. The fraction of sp³-hybridized carbons (Fsp3) is 1.00. The molecular formula is C10H28N2O4S. The van der Waals surface area contributed by atoms with Crippen molar-refractivity contribution in [3.63, 3.8) is 0 Å². The summed E-state index contributed by atoms with van der Waals surface area (Å²) in [5, 5.41) is 0. The topological polar surface area (TPSA) is 127 Å². The van der Waals surface area contributed by atoms with Crippen molar-refractivity contribution in [2.24, 2.45) is 11.5 Å². The first-order valence-corrected chi connectivity index (χ1v) is 7.33. The zero-order chi connectivity index (χ0) is 14.2. The SMILES string of the molecule is CCCCCN.CCCCCN.O=S(=O)(O)O. The van der Waals surface area contributed by atoms with Gasteiger partial charge in [0.15, 0.2) is 0 Å². The van der Waals surface area contributed by atoms with Crippen LogP contribution >= 0.6 is 0 Å². The number of hydrogen-bond acceptors (Lipinski definition) is 4. The van der Waals surface area contributed by atoms with Crippen molar-refractivity contribution in [3.8, 4) is 0 Å². The zero-order valence-electron chi connectivity index (χ0n) is 10.9. The van der Waals surface area contributed by atoms with Gasteiger partial charge in [-0.05, 0) is 25.9 Å². The average Bonchev–Trinajstić information content (AvgIpc) is 2.22. The molecule has 0 rings (SSSR count). The Kier molecular flexibility index (Phi) is 23.5. The first-order chi connectivity index (χ1) is 7.83. The van der Waals surface area contributed by atoms with E-state index in [1.165, 1.54) is 38.5 Å². The molecule has 0 saturated carbocycles. The van der Waals surface area contributed by atoms with Crippen molar-refractivity contribution in [1.82, 2.24) is 0 Å². The highest BCUT2D eigenvalue weighted by molar-refractivity contribution is 7.79. The van der Waals surface area contributed by atoms with E-state index < -0.39 is 10.4 Å². The Morgan fingerprint density at radius 2 is 1.06 bits per heavy atom. The van der Waals surface area contributed by atoms with Crippen LogP contribution in [-0.4, -0.2) is 30.6 Å². The molecule has 0 aromatic carbocycles. The molecule has 0 amide bonds. The molecule has 0 fully saturated rings. The van der Waals surface area contributed by atoms with Crippen LogP contribution in [0.1, 0.15) is 52.4 Å². The Bertz CT molecular complexity index is 184. The zero-order valence-corrected chi connectivity index (χ0v) is 11.7. The largest absolute Gasteiger partial charge is 0.394 e. The molecule has 0 saturated heterocycles. The molecule has 0 bridgehead atoms. The standard InChI is InChI=1S/2C5H13N.H2O4S/c2*1-2-3-4-5-6;1-5(2,3)4/h2*2-6H2,1H3;(H2,1,2,3,4). The summed E-state index contributed by atoms with van der Waals surface area (Å²) >= 11 is 0. The van der Waals surface area contributed by atoms with E-state index >= 15 is 0 Å². The first-order valence-electron chi connectivity index (χ1n) is 5.93. The first kappa shape index (κ1) is 22.0. The molecule has 0 spiro atoms. The Morgan fingerprint density at radius 3 is 1.12 bits per heavy atom. The van der Waals surface area contributed by atoms with E-state index in [4.69, 9.17) is 29.0 Å². The Morgan fingerprint density at radius 1 is 0.824 bits per heavy atom. The molecule has 108 valence electrons. The third-order valence-corrected chi connectivity index (χ3v) is 1.62. The van der Waals surface area contributed by atoms with Crippen molar-refractivity contribution in [1.29, 1.82) is 0 Å². The summed E-state index contributed by atoms with van der Waals surface area (Å²) in [5.74, 6) is 0. The van der Waals surface area contributed by atoms with Gasteiger partial charge in [-0.2, -0.15) is 8.42 Å². The lowest BCUT2D eigenvalue weighted by atomic mass is 10.3.